The number of nitrogens with zero attached hydrogens (tertiary/aromatic N) is 4. The van der Waals surface area contributed by atoms with Crippen LogP contribution < -0.4 is 4.74 Å². The van der Waals surface area contributed by atoms with Gasteiger partial charge in [-0.25, -0.2) is 15.0 Å². The second kappa shape index (κ2) is 14.8. The van der Waals surface area contributed by atoms with Crippen molar-refractivity contribution in [2.75, 3.05) is 0 Å². The SMILES string of the molecule is c1ccc(-c2nc(-c3ccccc3)nc(-c3ccc4c(c3)-c3cc(-c5ccc6c(c5)c5ccc7oc8ccccc8c7c5n6-c5ccccc5)ccc3C43c4ccccc4Oc4ccccc43)n2)cc1. The van der Waals surface area contributed by atoms with E-state index in [1.165, 1.54) is 21.9 Å². The van der Waals surface area contributed by atoms with Gasteiger partial charge < -0.3 is 13.7 Å². The van der Waals surface area contributed by atoms with Crippen LogP contribution >= 0.6 is 0 Å². The predicted octanol–water partition coefficient (Wildman–Crippen LogP) is 16.0. The molecule has 1 aliphatic carbocycles. The Morgan fingerprint density at radius 3 is 1.56 bits per heavy atom. The van der Waals surface area contributed by atoms with Crippen molar-refractivity contribution >= 4 is 43.7 Å². The molecular weight excluding hydrogens is 857 g/mol. The summed E-state index contributed by atoms with van der Waals surface area (Å²) in [6.45, 7) is 0. The van der Waals surface area contributed by atoms with Gasteiger partial charge in [0.2, 0.25) is 0 Å². The van der Waals surface area contributed by atoms with E-state index in [1.807, 2.05) is 42.5 Å². The number of para-hydroxylation sites is 4. The van der Waals surface area contributed by atoms with Gasteiger partial charge in [-0.3, -0.25) is 0 Å². The summed E-state index contributed by atoms with van der Waals surface area (Å²) in [7, 11) is 0. The van der Waals surface area contributed by atoms with E-state index in [0.717, 1.165) is 100 Å². The predicted molar refractivity (Wildman–Crippen MR) is 281 cm³/mol. The molecule has 6 nitrogen and oxygen atoms in total. The Hall–Kier alpha value is -9.39. The molecule has 0 amide bonds. The Labute approximate surface area is 402 Å². The first-order valence-corrected chi connectivity index (χ1v) is 23.7. The molecule has 1 aliphatic heterocycles. The highest BCUT2D eigenvalue weighted by Crippen LogP contribution is 2.62. The first kappa shape index (κ1) is 38.7. The highest BCUT2D eigenvalue weighted by molar-refractivity contribution is 6.24. The van der Waals surface area contributed by atoms with E-state index in [2.05, 4.69) is 193 Å². The molecule has 0 radical (unpaired) electrons. The van der Waals surface area contributed by atoms with Crippen molar-refractivity contribution in [3.8, 4) is 73.6 Å². The summed E-state index contributed by atoms with van der Waals surface area (Å²) in [4.78, 5) is 15.4. The molecule has 10 aromatic carbocycles. The molecule has 6 heteroatoms. The number of ether oxygens (including phenoxy) is 1. The fourth-order valence-electron chi connectivity index (χ4n) is 11.5. The zero-order valence-electron chi connectivity index (χ0n) is 37.5. The van der Waals surface area contributed by atoms with Gasteiger partial charge in [0, 0.05) is 49.7 Å². The number of hydrogen-bond donors (Lipinski definition) is 0. The van der Waals surface area contributed by atoms with Crippen LogP contribution in [0.3, 0.4) is 0 Å². The van der Waals surface area contributed by atoms with E-state index in [0.29, 0.717) is 17.5 Å². The van der Waals surface area contributed by atoms with Crippen molar-refractivity contribution in [2.24, 2.45) is 0 Å². The Bertz CT molecular complexity index is 4170. The molecule has 326 valence electrons. The summed E-state index contributed by atoms with van der Waals surface area (Å²) in [5.74, 6) is 3.57. The molecule has 4 heterocycles. The average Bonchev–Trinajstić information content (AvgIpc) is 4.07. The molecule has 0 unspecified atom stereocenters. The van der Waals surface area contributed by atoms with Crippen molar-refractivity contribution in [1.29, 1.82) is 0 Å². The van der Waals surface area contributed by atoms with Crippen LogP contribution in [-0.4, -0.2) is 19.5 Å². The van der Waals surface area contributed by atoms with Crippen LogP contribution in [0.25, 0.3) is 106 Å². The number of aromatic nitrogens is 4. The minimum atomic E-state index is -0.650. The number of rotatable bonds is 5. The highest BCUT2D eigenvalue weighted by Gasteiger charge is 2.51. The van der Waals surface area contributed by atoms with Crippen molar-refractivity contribution in [2.45, 2.75) is 5.41 Å². The van der Waals surface area contributed by atoms with E-state index < -0.39 is 5.41 Å². The van der Waals surface area contributed by atoms with Crippen LogP contribution in [0.5, 0.6) is 11.5 Å². The Morgan fingerprint density at radius 1 is 0.357 bits per heavy atom. The first-order valence-electron chi connectivity index (χ1n) is 23.7. The molecule has 15 rings (SSSR count). The van der Waals surface area contributed by atoms with Crippen molar-refractivity contribution in [1.82, 2.24) is 19.5 Å². The topological polar surface area (TPSA) is 66.0 Å². The van der Waals surface area contributed by atoms with E-state index in [-0.39, 0.29) is 0 Å². The van der Waals surface area contributed by atoms with Gasteiger partial charge in [0.05, 0.1) is 21.8 Å². The Kier molecular flexibility index (Phi) is 8.18. The third-order valence-electron chi connectivity index (χ3n) is 14.5. The van der Waals surface area contributed by atoms with E-state index in [9.17, 15) is 0 Å². The fraction of sp³-hybridized carbons (Fsp3) is 0.0156. The molecule has 3 aromatic heterocycles. The normalized spacial score (nSPS) is 13.1. The molecule has 0 saturated heterocycles. The number of fused-ring (bicyclic) bond motifs is 16. The standard InChI is InChI=1S/C64H38N4O2/c1-4-16-39(17-5-1)61-65-62(40-18-6-2-7-19-40)67-63(66-61)43-29-33-51-48(38-43)47-36-41(28-32-50(47)64(51)52-23-11-14-26-56(52)70-57-27-15-12-24-53(57)64)42-30-34-54-49(37-42)45-31-35-58-59(46-22-10-13-25-55(46)69-58)60(45)68(54)44-20-8-3-9-21-44/h1-38H. The van der Waals surface area contributed by atoms with Crippen LogP contribution in [-0.2, 0) is 5.41 Å². The summed E-state index contributed by atoms with van der Waals surface area (Å²) in [5.41, 5.74) is 16.4. The second-order valence-corrected chi connectivity index (χ2v) is 18.2. The van der Waals surface area contributed by atoms with Gasteiger partial charge in [-0.15, -0.1) is 0 Å². The minimum Gasteiger partial charge on any atom is -0.457 e. The molecule has 13 aromatic rings. The van der Waals surface area contributed by atoms with Crippen LogP contribution in [0.2, 0.25) is 0 Å². The maximum atomic E-state index is 6.71. The lowest BCUT2D eigenvalue weighted by Gasteiger charge is -2.39. The molecule has 1 spiro atoms. The summed E-state index contributed by atoms with van der Waals surface area (Å²) < 4.78 is 15.6. The van der Waals surface area contributed by atoms with E-state index in [1.54, 1.807) is 0 Å². The monoisotopic (exact) mass is 894 g/mol. The Morgan fingerprint density at radius 2 is 0.886 bits per heavy atom. The van der Waals surface area contributed by atoms with Crippen LogP contribution in [0.4, 0.5) is 0 Å². The van der Waals surface area contributed by atoms with Gasteiger partial charge in [-0.2, -0.15) is 0 Å². The smallest absolute Gasteiger partial charge is 0.164 e. The first-order chi connectivity index (χ1) is 34.7. The second-order valence-electron chi connectivity index (χ2n) is 18.2. The van der Waals surface area contributed by atoms with Gasteiger partial charge in [0.15, 0.2) is 17.5 Å². The minimum absolute atomic E-state index is 0.613. The molecular formula is C64H38N4O2. The molecule has 0 fully saturated rings. The summed E-state index contributed by atoms with van der Waals surface area (Å²) in [6.07, 6.45) is 0. The van der Waals surface area contributed by atoms with Crippen molar-refractivity contribution in [3.05, 3.63) is 253 Å². The lowest BCUT2D eigenvalue weighted by atomic mass is 9.66. The largest absolute Gasteiger partial charge is 0.457 e. The van der Waals surface area contributed by atoms with Crippen LogP contribution in [0.1, 0.15) is 22.3 Å². The molecule has 0 N–H and O–H groups in total. The summed E-state index contributed by atoms with van der Waals surface area (Å²) in [6, 6.07) is 81.4. The Balaban J connectivity index is 0.974. The summed E-state index contributed by atoms with van der Waals surface area (Å²) >= 11 is 0. The number of hydrogen-bond acceptors (Lipinski definition) is 5. The van der Waals surface area contributed by atoms with Crippen LogP contribution in [0.15, 0.2) is 235 Å². The maximum Gasteiger partial charge on any atom is 0.164 e. The van der Waals surface area contributed by atoms with E-state index >= 15 is 0 Å². The van der Waals surface area contributed by atoms with Gasteiger partial charge in [0.1, 0.15) is 22.7 Å². The van der Waals surface area contributed by atoms with E-state index in [4.69, 9.17) is 24.1 Å². The summed E-state index contributed by atoms with van der Waals surface area (Å²) in [5, 5.41) is 4.57. The average molecular weight is 895 g/mol. The highest BCUT2D eigenvalue weighted by atomic mass is 16.5. The molecule has 0 saturated carbocycles. The van der Waals surface area contributed by atoms with Crippen molar-refractivity contribution in [3.63, 3.8) is 0 Å². The van der Waals surface area contributed by atoms with Gasteiger partial charge >= 0.3 is 0 Å². The van der Waals surface area contributed by atoms with Crippen LogP contribution in [0, 0.1) is 0 Å². The molecule has 70 heavy (non-hydrogen) atoms. The zero-order valence-corrected chi connectivity index (χ0v) is 37.5. The third-order valence-corrected chi connectivity index (χ3v) is 14.5. The lowest BCUT2D eigenvalue weighted by Crippen LogP contribution is -2.32. The zero-order chi connectivity index (χ0) is 45.9. The fourth-order valence-corrected chi connectivity index (χ4v) is 11.5. The lowest BCUT2D eigenvalue weighted by molar-refractivity contribution is 0.436. The van der Waals surface area contributed by atoms with Gasteiger partial charge in [-0.1, -0.05) is 164 Å². The number of benzene rings is 10. The molecule has 0 atom stereocenters. The van der Waals surface area contributed by atoms with Gasteiger partial charge in [0.25, 0.3) is 0 Å². The molecule has 0 bridgehead atoms. The maximum absolute atomic E-state index is 6.71. The quantitative estimate of drug-likeness (QED) is 0.172. The number of furan rings is 1. The third kappa shape index (κ3) is 5.53. The molecule has 2 aliphatic rings. The van der Waals surface area contributed by atoms with Gasteiger partial charge in [-0.05, 0) is 100 Å². The van der Waals surface area contributed by atoms with Crippen molar-refractivity contribution < 1.29 is 9.15 Å².